The molecule has 5 nitrogen and oxygen atoms in total. The number of hydrogen-bond donors (Lipinski definition) is 1. The van der Waals surface area contributed by atoms with Crippen molar-refractivity contribution in [2.75, 3.05) is 12.4 Å². The number of hydrogen-bond acceptors (Lipinski definition) is 4. The molecule has 0 fully saturated rings. The van der Waals surface area contributed by atoms with Gasteiger partial charge in [-0.3, -0.25) is 4.79 Å². The number of anilines is 1. The number of aromatic nitrogens is 2. The third-order valence-electron chi connectivity index (χ3n) is 4.58. The van der Waals surface area contributed by atoms with Crippen molar-refractivity contribution < 1.29 is 17.9 Å². The first-order valence-electron chi connectivity index (χ1n) is 8.83. The lowest BCUT2D eigenvalue weighted by Crippen LogP contribution is -2.21. The quantitative estimate of drug-likeness (QED) is 0.738. The van der Waals surface area contributed by atoms with Gasteiger partial charge in [0.2, 0.25) is 11.7 Å². The van der Waals surface area contributed by atoms with E-state index in [0.29, 0.717) is 17.0 Å². The second-order valence-corrected chi connectivity index (χ2v) is 6.99. The minimum atomic E-state index is -4.44. The minimum absolute atomic E-state index is 0.00481. The SMILES string of the molecule is COc1cn(Cc2cccc(C(F)(F)F)c2)c(NC2=C(C)C(Cl)=CCC2)nc1=O. The van der Waals surface area contributed by atoms with Crippen LogP contribution in [-0.2, 0) is 12.7 Å². The van der Waals surface area contributed by atoms with E-state index in [4.69, 9.17) is 16.3 Å². The van der Waals surface area contributed by atoms with Crippen molar-refractivity contribution in [3.63, 3.8) is 0 Å². The van der Waals surface area contributed by atoms with E-state index in [1.807, 2.05) is 13.0 Å². The van der Waals surface area contributed by atoms with Gasteiger partial charge in [-0.25, -0.2) is 0 Å². The molecule has 0 saturated heterocycles. The fourth-order valence-corrected chi connectivity index (χ4v) is 3.22. The number of nitrogens with zero attached hydrogens (tertiary/aromatic N) is 2. The van der Waals surface area contributed by atoms with Gasteiger partial charge in [0.05, 0.1) is 25.4 Å². The summed E-state index contributed by atoms with van der Waals surface area (Å²) in [5.74, 6) is 0.198. The maximum absolute atomic E-state index is 13.0. The molecule has 1 heterocycles. The van der Waals surface area contributed by atoms with Crippen LogP contribution >= 0.6 is 11.6 Å². The summed E-state index contributed by atoms with van der Waals surface area (Å²) in [7, 11) is 1.33. The van der Waals surface area contributed by atoms with Gasteiger partial charge in [-0.2, -0.15) is 18.2 Å². The monoisotopic (exact) mass is 425 g/mol. The molecule has 1 aromatic heterocycles. The van der Waals surface area contributed by atoms with Crippen LogP contribution in [0.25, 0.3) is 0 Å². The van der Waals surface area contributed by atoms with Gasteiger partial charge in [0, 0.05) is 10.7 Å². The number of ether oxygens (including phenoxy) is 1. The fourth-order valence-electron chi connectivity index (χ4n) is 3.00. The highest BCUT2D eigenvalue weighted by Gasteiger charge is 2.30. The summed E-state index contributed by atoms with van der Waals surface area (Å²) in [6.45, 7) is 1.91. The maximum atomic E-state index is 13.0. The highest BCUT2D eigenvalue weighted by Crippen LogP contribution is 2.30. The Morgan fingerprint density at radius 2 is 2.10 bits per heavy atom. The lowest BCUT2D eigenvalue weighted by molar-refractivity contribution is -0.137. The molecule has 1 aromatic carbocycles. The van der Waals surface area contributed by atoms with Crippen LogP contribution in [0.2, 0.25) is 0 Å². The molecule has 0 atom stereocenters. The first-order valence-corrected chi connectivity index (χ1v) is 9.21. The Balaban J connectivity index is 2.01. The van der Waals surface area contributed by atoms with Crippen molar-refractivity contribution in [3.05, 3.63) is 74.3 Å². The first-order chi connectivity index (χ1) is 13.7. The summed E-state index contributed by atoms with van der Waals surface area (Å²) in [5, 5.41) is 3.73. The van der Waals surface area contributed by atoms with E-state index >= 15 is 0 Å². The van der Waals surface area contributed by atoms with Crippen LogP contribution in [0, 0.1) is 0 Å². The highest BCUT2D eigenvalue weighted by atomic mass is 35.5. The molecule has 3 rings (SSSR count). The van der Waals surface area contributed by atoms with Gasteiger partial charge in [-0.1, -0.05) is 29.8 Å². The van der Waals surface area contributed by atoms with Crippen LogP contribution < -0.4 is 15.6 Å². The smallest absolute Gasteiger partial charge is 0.416 e. The molecule has 1 aliphatic rings. The molecular weight excluding hydrogens is 407 g/mol. The predicted molar refractivity (Wildman–Crippen MR) is 105 cm³/mol. The fraction of sp³-hybridized carbons (Fsp3) is 0.300. The molecule has 0 spiro atoms. The van der Waals surface area contributed by atoms with Gasteiger partial charge in [0.1, 0.15) is 0 Å². The highest BCUT2D eigenvalue weighted by molar-refractivity contribution is 6.32. The maximum Gasteiger partial charge on any atom is 0.416 e. The van der Waals surface area contributed by atoms with Crippen molar-refractivity contribution in [2.24, 2.45) is 0 Å². The van der Waals surface area contributed by atoms with Crippen molar-refractivity contribution in [2.45, 2.75) is 32.5 Å². The number of methoxy groups -OCH3 is 1. The van der Waals surface area contributed by atoms with Gasteiger partial charge in [-0.05, 0) is 43.0 Å². The van der Waals surface area contributed by atoms with E-state index in [1.165, 1.54) is 19.4 Å². The minimum Gasteiger partial charge on any atom is -0.490 e. The lowest BCUT2D eigenvalue weighted by atomic mass is 10.0. The number of allylic oxidation sites excluding steroid dienone is 4. The largest absolute Gasteiger partial charge is 0.490 e. The van der Waals surface area contributed by atoms with Crippen molar-refractivity contribution in [3.8, 4) is 5.75 Å². The average molecular weight is 426 g/mol. The Morgan fingerprint density at radius 1 is 1.34 bits per heavy atom. The van der Waals surface area contributed by atoms with Gasteiger partial charge >= 0.3 is 11.7 Å². The van der Waals surface area contributed by atoms with Gasteiger partial charge in [0.25, 0.3) is 0 Å². The second kappa shape index (κ2) is 8.32. The van der Waals surface area contributed by atoms with Crippen molar-refractivity contribution in [1.82, 2.24) is 9.55 Å². The van der Waals surface area contributed by atoms with E-state index in [9.17, 15) is 18.0 Å². The molecule has 9 heteroatoms. The molecule has 0 unspecified atom stereocenters. The van der Waals surface area contributed by atoms with E-state index in [-0.39, 0.29) is 18.2 Å². The van der Waals surface area contributed by atoms with Crippen LogP contribution in [0.15, 0.2) is 57.6 Å². The molecule has 29 heavy (non-hydrogen) atoms. The topological polar surface area (TPSA) is 56.1 Å². The molecule has 0 aliphatic heterocycles. The lowest BCUT2D eigenvalue weighted by Gasteiger charge is -2.20. The third-order valence-corrected chi connectivity index (χ3v) is 5.02. The standard InChI is InChI=1S/C20H19ClF3N3O2/c1-12-15(21)7-4-8-16(12)25-19-26-18(28)17(29-2)11-27(19)10-13-5-3-6-14(9-13)20(22,23)24/h3,5-7,9,11H,4,8,10H2,1-2H3,(H,25,26,28). The number of alkyl halides is 3. The Kier molecular flexibility index (Phi) is 6.02. The Hall–Kier alpha value is -2.74. The van der Waals surface area contributed by atoms with E-state index < -0.39 is 17.3 Å². The predicted octanol–water partition coefficient (Wildman–Crippen LogP) is 4.92. The summed E-state index contributed by atoms with van der Waals surface area (Å²) in [6, 6.07) is 5.00. The number of benzene rings is 1. The van der Waals surface area contributed by atoms with Crippen LogP contribution in [0.1, 0.15) is 30.9 Å². The molecule has 0 saturated carbocycles. The molecular formula is C20H19ClF3N3O2. The molecule has 0 amide bonds. The molecule has 1 aliphatic carbocycles. The zero-order chi connectivity index (χ0) is 21.2. The van der Waals surface area contributed by atoms with Crippen molar-refractivity contribution in [1.29, 1.82) is 0 Å². The van der Waals surface area contributed by atoms with Gasteiger partial charge in [-0.15, -0.1) is 0 Å². The Labute approximate surface area is 170 Å². The molecule has 2 aromatic rings. The molecule has 0 bridgehead atoms. The van der Waals surface area contributed by atoms with Crippen LogP contribution in [0.3, 0.4) is 0 Å². The van der Waals surface area contributed by atoms with Crippen molar-refractivity contribution >= 4 is 17.5 Å². The Bertz CT molecular complexity index is 1040. The summed E-state index contributed by atoms with van der Waals surface area (Å²) in [4.78, 5) is 16.2. The molecule has 154 valence electrons. The first kappa shape index (κ1) is 21.0. The zero-order valence-electron chi connectivity index (χ0n) is 15.8. The van der Waals surface area contributed by atoms with Crippen LogP contribution in [0.4, 0.5) is 19.1 Å². The second-order valence-electron chi connectivity index (χ2n) is 6.58. The summed E-state index contributed by atoms with van der Waals surface area (Å²) < 4.78 is 45.7. The van der Waals surface area contributed by atoms with E-state index in [2.05, 4.69) is 10.3 Å². The van der Waals surface area contributed by atoms with Gasteiger partial charge in [0.15, 0.2) is 0 Å². The average Bonchev–Trinajstić information content (AvgIpc) is 2.67. The summed E-state index contributed by atoms with van der Waals surface area (Å²) in [5.41, 5.74) is 0.711. The third kappa shape index (κ3) is 4.82. The molecule has 1 N–H and O–H groups in total. The van der Waals surface area contributed by atoms with Crippen LogP contribution in [-0.4, -0.2) is 16.7 Å². The number of halogens is 4. The van der Waals surface area contributed by atoms with E-state index in [0.717, 1.165) is 29.8 Å². The summed E-state index contributed by atoms with van der Waals surface area (Å²) >= 11 is 6.18. The van der Waals surface area contributed by atoms with Crippen LogP contribution in [0.5, 0.6) is 5.75 Å². The Morgan fingerprint density at radius 3 is 2.79 bits per heavy atom. The number of rotatable bonds is 5. The zero-order valence-corrected chi connectivity index (χ0v) is 16.6. The molecule has 0 radical (unpaired) electrons. The normalized spacial score (nSPS) is 14.6. The number of nitrogens with one attached hydrogen (secondary N) is 1. The van der Waals surface area contributed by atoms with E-state index in [1.54, 1.807) is 10.6 Å². The van der Waals surface area contributed by atoms with Gasteiger partial charge < -0.3 is 14.6 Å². The summed E-state index contributed by atoms with van der Waals surface area (Å²) in [6.07, 6.45) is 0.289.